The van der Waals surface area contributed by atoms with Gasteiger partial charge in [-0.3, -0.25) is 14.2 Å². The van der Waals surface area contributed by atoms with Crippen LogP contribution in [0.1, 0.15) is 36.2 Å². The first-order valence-electron chi connectivity index (χ1n) is 8.46. The molecule has 1 aromatic carbocycles. The number of aromatic nitrogens is 2. The topological polar surface area (TPSA) is 90.0 Å². The smallest absolute Gasteiger partial charge is 0.261 e. The van der Waals surface area contributed by atoms with Crippen molar-refractivity contribution in [1.29, 1.82) is 0 Å². The van der Waals surface area contributed by atoms with Crippen molar-refractivity contribution in [2.45, 2.75) is 32.2 Å². The molecule has 1 amide bonds. The molecule has 0 radical (unpaired) electrons. The zero-order valence-electron chi connectivity index (χ0n) is 14.2. The molecule has 2 aromatic rings. The van der Waals surface area contributed by atoms with Gasteiger partial charge in [-0.25, -0.2) is 4.98 Å². The Hall–Kier alpha value is -2.73. The van der Waals surface area contributed by atoms with Crippen molar-refractivity contribution in [3.63, 3.8) is 0 Å². The maximum absolute atomic E-state index is 12.6. The van der Waals surface area contributed by atoms with E-state index in [9.17, 15) is 9.59 Å². The molecular weight excluding hydrogens is 316 g/mol. The van der Waals surface area contributed by atoms with E-state index in [2.05, 4.69) is 10.3 Å². The van der Waals surface area contributed by atoms with Gasteiger partial charge < -0.3 is 11.1 Å². The number of anilines is 1. The predicted octanol–water partition coefficient (Wildman–Crippen LogP) is 1.90. The van der Waals surface area contributed by atoms with Gasteiger partial charge in [0.1, 0.15) is 6.04 Å². The third-order valence-electron chi connectivity index (χ3n) is 4.40. The first kappa shape index (κ1) is 17.1. The van der Waals surface area contributed by atoms with Crippen LogP contribution in [-0.2, 0) is 17.6 Å². The zero-order chi connectivity index (χ0) is 17.8. The molecule has 6 heteroatoms. The molecule has 0 fully saturated rings. The standard InChI is InChI=1S/C19H22N4O2/c1-13(18(24)22-15-8-6-14(7-9-15)10-11-20)23-12-21-17-5-3-2-4-16(17)19(23)25/h2,4,6-9,12-13H,3,5,10-11,20H2,1H3,(H,22,24). The van der Waals surface area contributed by atoms with E-state index < -0.39 is 6.04 Å². The fourth-order valence-corrected chi connectivity index (χ4v) is 2.87. The Morgan fingerprint density at radius 3 is 2.84 bits per heavy atom. The molecule has 1 unspecified atom stereocenters. The Morgan fingerprint density at radius 2 is 2.12 bits per heavy atom. The van der Waals surface area contributed by atoms with Gasteiger partial charge in [0.05, 0.1) is 17.6 Å². The van der Waals surface area contributed by atoms with Crippen LogP contribution in [0.2, 0.25) is 0 Å². The van der Waals surface area contributed by atoms with E-state index in [4.69, 9.17) is 5.73 Å². The van der Waals surface area contributed by atoms with Gasteiger partial charge in [-0.05, 0) is 50.4 Å². The van der Waals surface area contributed by atoms with Crippen LogP contribution in [0.3, 0.4) is 0 Å². The predicted molar refractivity (Wildman–Crippen MR) is 98.4 cm³/mol. The second kappa shape index (κ2) is 7.44. The Bertz CT molecular complexity index is 853. The molecule has 1 aromatic heterocycles. The van der Waals surface area contributed by atoms with Crippen molar-refractivity contribution in [3.05, 3.63) is 63.8 Å². The fraction of sp³-hybridized carbons (Fsp3) is 0.316. The van der Waals surface area contributed by atoms with Crippen LogP contribution in [0.15, 0.2) is 41.5 Å². The molecule has 25 heavy (non-hydrogen) atoms. The zero-order valence-corrected chi connectivity index (χ0v) is 14.2. The van der Waals surface area contributed by atoms with Gasteiger partial charge in [-0.1, -0.05) is 24.3 Å². The second-order valence-electron chi connectivity index (χ2n) is 6.16. The molecule has 3 rings (SSSR count). The van der Waals surface area contributed by atoms with Crippen LogP contribution in [0.5, 0.6) is 0 Å². The highest BCUT2D eigenvalue weighted by Crippen LogP contribution is 2.16. The van der Waals surface area contributed by atoms with Crippen molar-refractivity contribution < 1.29 is 4.79 Å². The number of nitrogens with one attached hydrogen (secondary N) is 1. The summed E-state index contributed by atoms with van der Waals surface area (Å²) in [4.78, 5) is 29.5. The second-order valence-corrected chi connectivity index (χ2v) is 6.16. The van der Waals surface area contributed by atoms with E-state index in [-0.39, 0.29) is 11.5 Å². The van der Waals surface area contributed by atoms with E-state index in [0.717, 1.165) is 30.5 Å². The lowest BCUT2D eigenvalue weighted by Gasteiger charge is -2.17. The van der Waals surface area contributed by atoms with Crippen molar-refractivity contribution in [2.75, 3.05) is 11.9 Å². The number of nitrogens with two attached hydrogens (primary N) is 1. The number of carbonyl (C=O) groups excluding carboxylic acids is 1. The Balaban J connectivity index is 1.77. The van der Waals surface area contributed by atoms with Gasteiger partial charge in [0.2, 0.25) is 5.91 Å². The van der Waals surface area contributed by atoms with Crippen LogP contribution in [0.25, 0.3) is 6.08 Å². The highest BCUT2D eigenvalue weighted by atomic mass is 16.2. The van der Waals surface area contributed by atoms with Gasteiger partial charge in [-0.2, -0.15) is 0 Å². The lowest BCUT2D eigenvalue weighted by atomic mass is 10.0. The van der Waals surface area contributed by atoms with Crippen LogP contribution in [-0.4, -0.2) is 22.0 Å². The Labute approximate surface area is 146 Å². The summed E-state index contributed by atoms with van der Waals surface area (Å²) in [5.41, 5.74) is 8.55. The number of benzene rings is 1. The normalized spacial score (nSPS) is 14.0. The molecule has 0 saturated heterocycles. The molecule has 1 heterocycles. The largest absolute Gasteiger partial charge is 0.330 e. The molecule has 0 spiro atoms. The SMILES string of the molecule is CC(C(=O)Nc1ccc(CCN)cc1)n1cnc2c(c1=O)C=CCC2. The molecule has 6 nitrogen and oxygen atoms in total. The van der Waals surface area contributed by atoms with E-state index in [1.54, 1.807) is 13.0 Å². The van der Waals surface area contributed by atoms with Crippen LogP contribution in [0, 0.1) is 0 Å². The lowest BCUT2D eigenvalue weighted by molar-refractivity contribution is -0.118. The van der Waals surface area contributed by atoms with E-state index in [1.807, 2.05) is 30.3 Å². The van der Waals surface area contributed by atoms with E-state index in [0.29, 0.717) is 17.8 Å². The van der Waals surface area contributed by atoms with Crippen molar-refractivity contribution in [1.82, 2.24) is 9.55 Å². The molecule has 0 saturated carbocycles. The van der Waals surface area contributed by atoms with Gasteiger partial charge in [0.15, 0.2) is 0 Å². The minimum Gasteiger partial charge on any atom is -0.330 e. The highest BCUT2D eigenvalue weighted by molar-refractivity contribution is 5.93. The van der Waals surface area contributed by atoms with Gasteiger partial charge in [-0.15, -0.1) is 0 Å². The molecule has 0 aliphatic heterocycles. The first-order valence-corrected chi connectivity index (χ1v) is 8.46. The summed E-state index contributed by atoms with van der Waals surface area (Å²) in [6, 6.07) is 6.90. The molecule has 1 aliphatic rings. The number of hydrogen-bond acceptors (Lipinski definition) is 4. The van der Waals surface area contributed by atoms with Gasteiger partial charge >= 0.3 is 0 Å². The maximum atomic E-state index is 12.6. The minimum absolute atomic E-state index is 0.179. The molecule has 1 aliphatic carbocycles. The number of allylic oxidation sites excluding steroid dienone is 1. The number of rotatable bonds is 5. The van der Waals surface area contributed by atoms with Crippen LogP contribution in [0.4, 0.5) is 5.69 Å². The van der Waals surface area contributed by atoms with E-state index in [1.165, 1.54) is 10.9 Å². The van der Waals surface area contributed by atoms with Crippen molar-refractivity contribution in [3.8, 4) is 0 Å². The lowest BCUT2D eigenvalue weighted by Crippen LogP contribution is -2.33. The highest BCUT2D eigenvalue weighted by Gasteiger charge is 2.20. The summed E-state index contributed by atoms with van der Waals surface area (Å²) in [7, 11) is 0. The molecule has 0 bridgehead atoms. The quantitative estimate of drug-likeness (QED) is 0.871. The van der Waals surface area contributed by atoms with E-state index >= 15 is 0 Å². The fourth-order valence-electron chi connectivity index (χ4n) is 2.87. The summed E-state index contributed by atoms with van der Waals surface area (Å²) < 4.78 is 1.38. The summed E-state index contributed by atoms with van der Waals surface area (Å²) in [6.45, 7) is 2.28. The van der Waals surface area contributed by atoms with Crippen LogP contribution < -0.4 is 16.6 Å². The van der Waals surface area contributed by atoms with Crippen LogP contribution >= 0.6 is 0 Å². The summed E-state index contributed by atoms with van der Waals surface area (Å²) >= 11 is 0. The third-order valence-corrected chi connectivity index (χ3v) is 4.40. The maximum Gasteiger partial charge on any atom is 0.261 e. The monoisotopic (exact) mass is 338 g/mol. The minimum atomic E-state index is -0.649. The summed E-state index contributed by atoms with van der Waals surface area (Å²) in [5.74, 6) is -0.254. The molecule has 1 atom stereocenters. The van der Waals surface area contributed by atoms with Crippen molar-refractivity contribution in [2.24, 2.45) is 5.73 Å². The number of nitrogens with zero attached hydrogens (tertiary/aromatic N) is 2. The average Bonchev–Trinajstić information content (AvgIpc) is 2.63. The van der Waals surface area contributed by atoms with Gasteiger partial charge in [0.25, 0.3) is 5.56 Å². The molecule has 130 valence electrons. The van der Waals surface area contributed by atoms with Crippen molar-refractivity contribution >= 4 is 17.7 Å². The Morgan fingerprint density at radius 1 is 1.36 bits per heavy atom. The third kappa shape index (κ3) is 3.69. The number of aryl methyl sites for hydroxylation is 1. The number of carbonyl (C=O) groups is 1. The number of fused-ring (bicyclic) bond motifs is 1. The number of amides is 1. The summed E-state index contributed by atoms with van der Waals surface area (Å²) in [6.07, 6.45) is 7.68. The molecular formula is C19H22N4O2. The van der Waals surface area contributed by atoms with Gasteiger partial charge in [0, 0.05) is 5.69 Å². The Kier molecular flexibility index (Phi) is 5.09. The first-order chi connectivity index (χ1) is 12.1. The average molecular weight is 338 g/mol. The number of hydrogen-bond donors (Lipinski definition) is 2. The molecule has 3 N–H and O–H groups in total. The summed E-state index contributed by atoms with van der Waals surface area (Å²) in [5, 5.41) is 2.84.